The van der Waals surface area contributed by atoms with Crippen molar-refractivity contribution in [2.45, 2.75) is 18.9 Å². The fourth-order valence-electron chi connectivity index (χ4n) is 2.18. The van der Waals surface area contributed by atoms with Crippen molar-refractivity contribution in [1.29, 1.82) is 0 Å². The van der Waals surface area contributed by atoms with Gasteiger partial charge in [-0.1, -0.05) is 5.16 Å². The maximum absolute atomic E-state index is 9.26. The van der Waals surface area contributed by atoms with Crippen LogP contribution in [0.1, 0.15) is 18.4 Å². The molecule has 1 saturated carbocycles. The minimum Gasteiger partial charge on any atom is -0.409 e. The number of aliphatic hydroxyl groups is 1. The van der Waals surface area contributed by atoms with E-state index in [2.05, 4.69) is 15.4 Å². The molecule has 1 aromatic heterocycles. The Balaban J connectivity index is 2.12. The predicted molar refractivity (Wildman–Crippen MR) is 66.5 cm³/mol. The molecular weight excluding hydrogens is 234 g/mol. The zero-order valence-electron chi connectivity index (χ0n) is 10.2. The number of nitrogens with two attached hydrogens (primary N) is 1. The Morgan fingerprint density at radius 2 is 2.33 bits per heavy atom. The highest BCUT2D eigenvalue weighted by molar-refractivity contribution is 6.01. The third kappa shape index (κ3) is 2.51. The SMILES string of the molecule is CN(CC1CC(O)C1)c1nnccc1/C(N)=N/O. The third-order valence-electron chi connectivity index (χ3n) is 3.19. The number of aromatic nitrogens is 2. The molecule has 0 unspecified atom stereocenters. The zero-order valence-corrected chi connectivity index (χ0v) is 10.2. The number of hydrogen-bond donors (Lipinski definition) is 3. The van der Waals surface area contributed by atoms with Gasteiger partial charge in [-0.3, -0.25) is 0 Å². The van der Waals surface area contributed by atoms with Gasteiger partial charge in [0.05, 0.1) is 17.9 Å². The third-order valence-corrected chi connectivity index (χ3v) is 3.19. The molecule has 7 nitrogen and oxygen atoms in total. The Morgan fingerprint density at radius 3 is 2.94 bits per heavy atom. The average molecular weight is 251 g/mol. The van der Waals surface area contributed by atoms with E-state index in [4.69, 9.17) is 10.9 Å². The van der Waals surface area contributed by atoms with E-state index in [9.17, 15) is 5.11 Å². The minimum atomic E-state index is -0.172. The Hall–Kier alpha value is -1.89. The lowest BCUT2D eigenvalue weighted by Gasteiger charge is -2.35. The molecule has 4 N–H and O–H groups in total. The average Bonchev–Trinajstić information content (AvgIpc) is 2.36. The molecule has 0 aromatic carbocycles. The Kier molecular flexibility index (Phi) is 3.61. The normalized spacial score (nSPS) is 23.6. The predicted octanol–water partition coefficient (Wildman–Crippen LogP) is -0.222. The lowest BCUT2D eigenvalue weighted by Crippen LogP contribution is -2.38. The number of rotatable bonds is 4. The lowest BCUT2D eigenvalue weighted by molar-refractivity contribution is 0.0464. The van der Waals surface area contributed by atoms with Gasteiger partial charge in [-0.25, -0.2) is 0 Å². The smallest absolute Gasteiger partial charge is 0.173 e. The van der Waals surface area contributed by atoms with Crippen molar-refractivity contribution >= 4 is 11.7 Å². The van der Waals surface area contributed by atoms with Gasteiger partial charge in [-0.05, 0) is 24.8 Å². The summed E-state index contributed by atoms with van der Waals surface area (Å²) in [4.78, 5) is 1.91. The molecule has 98 valence electrons. The molecule has 7 heteroatoms. The van der Waals surface area contributed by atoms with Gasteiger partial charge in [0.25, 0.3) is 0 Å². The summed E-state index contributed by atoms with van der Waals surface area (Å²) < 4.78 is 0. The summed E-state index contributed by atoms with van der Waals surface area (Å²) in [5.74, 6) is 1.04. The molecule has 0 aliphatic heterocycles. The summed E-state index contributed by atoms with van der Waals surface area (Å²) in [6, 6.07) is 1.66. The van der Waals surface area contributed by atoms with Gasteiger partial charge in [-0.2, -0.15) is 5.10 Å². The van der Waals surface area contributed by atoms with Gasteiger partial charge >= 0.3 is 0 Å². The van der Waals surface area contributed by atoms with E-state index in [1.165, 1.54) is 6.20 Å². The molecule has 0 amide bonds. The first-order chi connectivity index (χ1) is 8.61. The highest BCUT2D eigenvalue weighted by atomic mass is 16.4. The van der Waals surface area contributed by atoms with Crippen LogP contribution >= 0.6 is 0 Å². The highest BCUT2D eigenvalue weighted by Crippen LogP contribution is 2.29. The van der Waals surface area contributed by atoms with Crippen LogP contribution in [0.3, 0.4) is 0 Å². The van der Waals surface area contributed by atoms with Gasteiger partial charge in [0.15, 0.2) is 11.7 Å². The van der Waals surface area contributed by atoms with Gasteiger partial charge < -0.3 is 20.9 Å². The van der Waals surface area contributed by atoms with Gasteiger partial charge in [-0.15, -0.1) is 5.10 Å². The van der Waals surface area contributed by atoms with Crippen LogP contribution in [0.4, 0.5) is 5.82 Å². The van der Waals surface area contributed by atoms with Crippen LogP contribution in [0, 0.1) is 5.92 Å². The molecule has 0 atom stereocenters. The molecule has 0 saturated heterocycles. The van der Waals surface area contributed by atoms with Crippen molar-refractivity contribution in [2.75, 3.05) is 18.5 Å². The lowest BCUT2D eigenvalue weighted by atomic mass is 9.82. The molecule has 0 radical (unpaired) electrons. The number of amidine groups is 1. The minimum absolute atomic E-state index is 0.0143. The van der Waals surface area contributed by atoms with E-state index in [1.807, 2.05) is 11.9 Å². The first-order valence-electron chi connectivity index (χ1n) is 5.80. The van der Waals surface area contributed by atoms with Crippen molar-refractivity contribution in [2.24, 2.45) is 16.8 Å². The molecule has 1 aliphatic rings. The summed E-state index contributed by atoms with van der Waals surface area (Å²) in [6.45, 7) is 0.765. The second-order valence-electron chi connectivity index (χ2n) is 4.63. The summed E-state index contributed by atoms with van der Waals surface area (Å²) >= 11 is 0. The maximum Gasteiger partial charge on any atom is 0.173 e. The number of oxime groups is 1. The van der Waals surface area contributed by atoms with E-state index in [0.717, 1.165) is 19.4 Å². The van der Waals surface area contributed by atoms with Crippen LogP contribution in [0.5, 0.6) is 0 Å². The van der Waals surface area contributed by atoms with E-state index in [1.54, 1.807) is 6.07 Å². The largest absolute Gasteiger partial charge is 0.409 e. The van der Waals surface area contributed by atoms with Crippen molar-refractivity contribution in [1.82, 2.24) is 10.2 Å². The standard InChI is InChI=1S/C11H17N5O2/c1-16(6-7-4-8(17)5-7)11-9(10(12)15-18)2-3-13-14-11/h2-3,7-8,17-18H,4-6H2,1H3,(H2,12,15). The molecule has 1 heterocycles. The molecule has 2 rings (SSSR count). The second kappa shape index (κ2) is 5.18. The fraction of sp³-hybridized carbons (Fsp3) is 0.545. The number of nitrogens with zero attached hydrogens (tertiary/aromatic N) is 4. The van der Waals surface area contributed by atoms with E-state index >= 15 is 0 Å². The summed E-state index contributed by atoms with van der Waals surface area (Å²) in [7, 11) is 1.88. The summed E-state index contributed by atoms with van der Waals surface area (Å²) in [5, 5.41) is 28.8. The van der Waals surface area contributed by atoms with Crippen LogP contribution in [-0.4, -0.2) is 46.0 Å². The molecular formula is C11H17N5O2. The maximum atomic E-state index is 9.26. The molecule has 1 aliphatic carbocycles. The monoisotopic (exact) mass is 251 g/mol. The van der Waals surface area contributed by atoms with Crippen LogP contribution in [0.25, 0.3) is 0 Å². The molecule has 1 aromatic rings. The fourth-order valence-corrected chi connectivity index (χ4v) is 2.18. The van der Waals surface area contributed by atoms with Crippen LogP contribution in [0.2, 0.25) is 0 Å². The van der Waals surface area contributed by atoms with Crippen molar-refractivity contribution < 1.29 is 10.3 Å². The van der Waals surface area contributed by atoms with Crippen molar-refractivity contribution in [3.8, 4) is 0 Å². The van der Waals surface area contributed by atoms with Crippen molar-refractivity contribution in [3.05, 3.63) is 17.8 Å². The topological polar surface area (TPSA) is 108 Å². The highest BCUT2D eigenvalue weighted by Gasteiger charge is 2.29. The Morgan fingerprint density at radius 1 is 1.61 bits per heavy atom. The molecule has 0 bridgehead atoms. The number of anilines is 1. The van der Waals surface area contributed by atoms with Crippen LogP contribution in [-0.2, 0) is 0 Å². The number of hydrogen-bond acceptors (Lipinski definition) is 6. The van der Waals surface area contributed by atoms with Gasteiger partial charge in [0.1, 0.15) is 0 Å². The van der Waals surface area contributed by atoms with E-state index in [-0.39, 0.29) is 11.9 Å². The molecule has 0 spiro atoms. The first kappa shape index (κ1) is 12.6. The second-order valence-corrected chi connectivity index (χ2v) is 4.63. The molecule has 18 heavy (non-hydrogen) atoms. The zero-order chi connectivity index (χ0) is 13.1. The summed E-state index contributed by atoms with van der Waals surface area (Å²) in [6.07, 6.45) is 2.94. The first-order valence-corrected chi connectivity index (χ1v) is 5.80. The van der Waals surface area contributed by atoms with Gasteiger partial charge in [0.2, 0.25) is 0 Å². The number of aliphatic hydroxyl groups excluding tert-OH is 1. The van der Waals surface area contributed by atoms with Crippen LogP contribution in [0.15, 0.2) is 17.4 Å². The quantitative estimate of drug-likeness (QED) is 0.295. The Bertz CT molecular complexity index is 445. The molecule has 1 fully saturated rings. The van der Waals surface area contributed by atoms with E-state index in [0.29, 0.717) is 17.3 Å². The summed E-state index contributed by atoms with van der Waals surface area (Å²) in [5.41, 5.74) is 6.15. The van der Waals surface area contributed by atoms with Crippen LogP contribution < -0.4 is 10.6 Å². The van der Waals surface area contributed by atoms with Gasteiger partial charge in [0, 0.05) is 13.6 Å². The Labute approximate surface area is 105 Å². The van der Waals surface area contributed by atoms with E-state index < -0.39 is 0 Å². The van der Waals surface area contributed by atoms with Crippen molar-refractivity contribution in [3.63, 3.8) is 0 Å².